The van der Waals surface area contributed by atoms with Crippen molar-refractivity contribution in [3.63, 3.8) is 0 Å². The fraction of sp³-hybridized carbons (Fsp3) is 0.600. The minimum absolute atomic E-state index is 0.0688. The molecule has 1 aromatic rings. The molecule has 1 aromatic carbocycles. The Morgan fingerprint density at radius 2 is 2.05 bits per heavy atom. The van der Waals surface area contributed by atoms with Crippen molar-refractivity contribution in [2.45, 2.75) is 27.3 Å². The molecule has 0 unspecified atom stereocenters. The minimum Gasteiger partial charge on any atom is -0.493 e. The maximum atomic E-state index is 11.4. The summed E-state index contributed by atoms with van der Waals surface area (Å²) in [5, 5.41) is 3.37. The molecule has 0 aliphatic heterocycles. The van der Waals surface area contributed by atoms with Crippen molar-refractivity contribution in [3.8, 4) is 5.75 Å². The second-order valence-corrected chi connectivity index (χ2v) is 7.73. The summed E-state index contributed by atoms with van der Waals surface area (Å²) in [6.45, 7) is 7.96. The van der Waals surface area contributed by atoms with Crippen LogP contribution in [0.4, 0.5) is 0 Å². The molecule has 0 amide bonds. The minimum atomic E-state index is -2.96. The molecular weight excluding hydrogens is 274 g/mol. The summed E-state index contributed by atoms with van der Waals surface area (Å²) >= 11 is 0. The first-order chi connectivity index (χ1) is 9.43. The summed E-state index contributed by atoms with van der Waals surface area (Å²) in [7, 11) is -2.96. The first-order valence-electron chi connectivity index (χ1n) is 7.06. The van der Waals surface area contributed by atoms with Crippen molar-refractivity contribution >= 4 is 9.84 Å². The highest BCUT2D eigenvalue weighted by Gasteiger charge is 2.07. The number of nitrogens with one attached hydrogen (secondary N) is 1. The van der Waals surface area contributed by atoms with Gasteiger partial charge in [0.1, 0.15) is 12.4 Å². The van der Waals surface area contributed by atoms with Gasteiger partial charge in [-0.25, -0.2) is 8.42 Å². The smallest absolute Gasteiger partial charge is 0.153 e. The Labute approximate surface area is 122 Å². The number of sulfone groups is 1. The topological polar surface area (TPSA) is 55.4 Å². The molecule has 1 N–H and O–H groups in total. The maximum absolute atomic E-state index is 11.4. The number of hydrogen-bond acceptors (Lipinski definition) is 4. The average Bonchev–Trinajstić information content (AvgIpc) is 2.39. The van der Waals surface area contributed by atoms with E-state index in [4.69, 9.17) is 4.74 Å². The van der Waals surface area contributed by atoms with Crippen molar-refractivity contribution in [3.05, 3.63) is 29.8 Å². The van der Waals surface area contributed by atoms with Gasteiger partial charge in [-0.3, -0.25) is 0 Å². The van der Waals surface area contributed by atoms with Gasteiger partial charge in [-0.15, -0.1) is 0 Å². The molecule has 0 heterocycles. The summed E-state index contributed by atoms with van der Waals surface area (Å²) in [5.41, 5.74) is 1.14. The summed E-state index contributed by atoms with van der Waals surface area (Å²) in [6.07, 6.45) is 0. The molecule has 0 radical (unpaired) electrons. The fourth-order valence-corrected chi connectivity index (χ4v) is 2.31. The van der Waals surface area contributed by atoms with Gasteiger partial charge >= 0.3 is 0 Å². The molecule has 0 aliphatic carbocycles. The Morgan fingerprint density at radius 1 is 1.30 bits per heavy atom. The third-order valence-electron chi connectivity index (χ3n) is 2.88. The van der Waals surface area contributed by atoms with E-state index in [1.807, 2.05) is 24.3 Å². The predicted octanol–water partition coefficient (Wildman–Crippen LogP) is 2.25. The third kappa shape index (κ3) is 6.91. The Kier molecular flexibility index (Phi) is 7.02. The fourth-order valence-electron chi connectivity index (χ4n) is 1.68. The Morgan fingerprint density at radius 3 is 2.70 bits per heavy atom. The molecule has 1 rings (SSSR count). The molecule has 0 aliphatic rings. The van der Waals surface area contributed by atoms with Crippen LogP contribution in [-0.4, -0.2) is 33.1 Å². The molecule has 4 nitrogen and oxygen atoms in total. The zero-order valence-corrected chi connectivity index (χ0v) is 13.4. The Hall–Kier alpha value is -1.07. The zero-order valence-electron chi connectivity index (χ0n) is 12.6. The lowest BCUT2D eigenvalue weighted by Gasteiger charge is -2.10. The van der Waals surface area contributed by atoms with E-state index >= 15 is 0 Å². The first kappa shape index (κ1) is 17.0. The van der Waals surface area contributed by atoms with Crippen molar-refractivity contribution < 1.29 is 13.2 Å². The van der Waals surface area contributed by atoms with E-state index in [-0.39, 0.29) is 18.1 Å². The summed E-state index contributed by atoms with van der Waals surface area (Å²) in [6, 6.07) is 7.76. The van der Waals surface area contributed by atoms with Crippen LogP contribution >= 0.6 is 0 Å². The van der Waals surface area contributed by atoms with E-state index in [9.17, 15) is 8.42 Å². The molecule has 114 valence electrons. The molecule has 5 heteroatoms. The first-order valence-corrected chi connectivity index (χ1v) is 8.88. The monoisotopic (exact) mass is 299 g/mol. The van der Waals surface area contributed by atoms with Crippen molar-refractivity contribution in [2.75, 3.05) is 24.7 Å². The van der Waals surface area contributed by atoms with Gasteiger partial charge in [0.25, 0.3) is 0 Å². The van der Waals surface area contributed by atoms with Crippen molar-refractivity contribution in [1.82, 2.24) is 5.32 Å². The van der Waals surface area contributed by atoms with E-state index in [1.54, 1.807) is 6.92 Å². The van der Waals surface area contributed by atoms with Gasteiger partial charge in [-0.2, -0.15) is 0 Å². The number of rotatable bonds is 9. The number of hydrogen-bond donors (Lipinski definition) is 1. The summed E-state index contributed by atoms with van der Waals surface area (Å²) in [4.78, 5) is 0. The molecule has 0 saturated carbocycles. The van der Waals surface area contributed by atoms with Crippen molar-refractivity contribution in [1.29, 1.82) is 0 Å². The Balaban J connectivity index is 2.43. The van der Waals surface area contributed by atoms with Crippen LogP contribution in [0.2, 0.25) is 0 Å². The molecule has 20 heavy (non-hydrogen) atoms. The second kappa shape index (κ2) is 8.27. The van der Waals surface area contributed by atoms with Crippen LogP contribution in [0.15, 0.2) is 24.3 Å². The zero-order chi connectivity index (χ0) is 15.0. The molecular formula is C15H25NO3S. The SMILES string of the molecule is CCS(=O)(=O)CCOc1cccc(CNCC(C)C)c1. The molecule has 0 atom stereocenters. The number of benzene rings is 1. The van der Waals surface area contributed by atoms with Gasteiger partial charge in [-0.1, -0.05) is 32.9 Å². The summed E-state index contributed by atoms with van der Waals surface area (Å²) < 4.78 is 28.2. The highest BCUT2D eigenvalue weighted by atomic mass is 32.2. The van der Waals surface area contributed by atoms with Gasteiger partial charge < -0.3 is 10.1 Å². The normalized spacial score (nSPS) is 11.8. The van der Waals surface area contributed by atoms with E-state index in [2.05, 4.69) is 19.2 Å². The second-order valence-electron chi connectivity index (χ2n) is 5.26. The lowest BCUT2D eigenvalue weighted by molar-refractivity contribution is 0.340. The quantitative estimate of drug-likeness (QED) is 0.760. The van der Waals surface area contributed by atoms with Crippen LogP contribution in [0.25, 0.3) is 0 Å². The summed E-state index contributed by atoms with van der Waals surface area (Å²) in [5.74, 6) is 1.57. The van der Waals surface area contributed by atoms with E-state index in [1.165, 1.54) is 0 Å². The molecule has 0 spiro atoms. The van der Waals surface area contributed by atoms with Crippen LogP contribution in [-0.2, 0) is 16.4 Å². The van der Waals surface area contributed by atoms with Gasteiger partial charge in [0, 0.05) is 12.3 Å². The van der Waals surface area contributed by atoms with Gasteiger partial charge in [0.15, 0.2) is 9.84 Å². The van der Waals surface area contributed by atoms with Crippen LogP contribution in [0.1, 0.15) is 26.3 Å². The molecule has 0 aromatic heterocycles. The highest BCUT2D eigenvalue weighted by Crippen LogP contribution is 2.13. The van der Waals surface area contributed by atoms with Gasteiger partial charge in [0.05, 0.1) is 5.75 Å². The Bertz CT molecular complexity index is 498. The van der Waals surface area contributed by atoms with Gasteiger partial charge in [-0.05, 0) is 30.2 Å². The van der Waals surface area contributed by atoms with Crippen LogP contribution in [0.3, 0.4) is 0 Å². The predicted molar refractivity (Wildman–Crippen MR) is 82.8 cm³/mol. The largest absolute Gasteiger partial charge is 0.493 e. The van der Waals surface area contributed by atoms with Gasteiger partial charge in [0.2, 0.25) is 0 Å². The molecule has 0 bridgehead atoms. The van der Waals surface area contributed by atoms with Crippen LogP contribution in [0, 0.1) is 5.92 Å². The lowest BCUT2D eigenvalue weighted by Crippen LogP contribution is -2.19. The third-order valence-corrected chi connectivity index (χ3v) is 4.55. The van der Waals surface area contributed by atoms with Crippen molar-refractivity contribution in [2.24, 2.45) is 5.92 Å². The number of ether oxygens (including phenoxy) is 1. The lowest BCUT2D eigenvalue weighted by atomic mass is 10.2. The van der Waals surface area contributed by atoms with Crippen LogP contribution < -0.4 is 10.1 Å². The average molecular weight is 299 g/mol. The molecule has 0 fully saturated rings. The standard InChI is InChI=1S/C15H25NO3S/c1-4-20(17,18)9-8-19-15-7-5-6-14(10-15)12-16-11-13(2)3/h5-7,10,13,16H,4,8-9,11-12H2,1-3H3. The maximum Gasteiger partial charge on any atom is 0.153 e. The molecule has 0 saturated heterocycles. The van der Waals surface area contributed by atoms with E-state index < -0.39 is 9.84 Å². The highest BCUT2D eigenvalue weighted by molar-refractivity contribution is 7.91. The van der Waals surface area contributed by atoms with E-state index in [0.717, 1.165) is 24.4 Å². The van der Waals surface area contributed by atoms with E-state index in [0.29, 0.717) is 5.92 Å². The van der Waals surface area contributed by atoms with Crippen LogP contribution in [0.5, 0.6) is 5.75 Å².